The van der Waals surface area contributed by atoms with Crippen LogP contribution in [0.1, 0.15) is 30.9 Å². The highest BCUT2D eigenvalue weighted by atomic mass is 35.5. The van der Waals surface area contributed by atoms with E-state index in [-0.39, 0.29) is 11.2 Å². The van der Waals surface area contributed by atoms with Crippen molar-refractivity contribution in [2.75, 3.05) is 4.90 Å². The molecule has 3 aromatic rings. The summed E-state index contributed by atoms with van der Waals surface area (Å²) >= 11 is 6.20. The Morgan fingerprint density at radius 2 is 1.93 bits per heavy atom. The van der Waals surface area contributed by atoms with Gasteiger partial charge in [0.1, 0.15) is 5.82 Å². The van der Waals surface area contributed by atoms with Crippen molar-refractivity contribution in [3.8, 4) is 0 Å². The summed E-state index contributed by atoms with van der Waals surface area (Å²) < 4.78 is 1.31. The standard InChI is InChI=1S/C21H20ClN3O2/c1-2-3-11-24-20(26)17-12-14-7-4-5-10-18(14)25(19(17)23-21(24)27)16-9-6-8-15(22)13-16/h4-10,13H,2-3,11-12H2,1H3,(H,23,27). The highest BCUT2D eigenvalue weighted by molar-refractivity contribution is 6.30. The van der Waals surface area contributed by atoms with Crippen LogP contribution in [0.2, 0.25) is 5.02 Å². The summed E-state index contributed by atoms with van der Waals surface area (Å²) in [6, 6.07) is 15.3. The van der Waals surface area contributed by atoms with Gasteiger partial charge in [-0.15, -0.1) is 0 Å². The van der Waals surface area contributed by atoms with Crippen molar-refractivity contribution in [2.24, 2.45) is 0 Å². The van der Waals surface area contributed by atoms with Gasteiger partial charge in [-0.3, -0.25) is 19.2 Å². The van der Waals surface area contributed by atoms with Gasteiger partial charge in [0.05, 0.1) is 11.3 Å². The maximum Gasteiger partial charge on any atom is 0.329 e. The summed E-state index contributed by atoms with van der Waals surface area (Å²) in [5.41, 5.74) is 2.79. The minimum Gasteiger partial charge on any atom is -0.296 e. The lowest BCUT2D eigenvalue weighted by molar-refractivity contribution is 0.578. The molecule has 6 heteroatoms. The zero-order valence-electron chi connectivity index (χ0n) is 15.0. The fourth-order valence-corrected chi connectivity index (χ4v) is 3.73. The molecule has 1 aliphatic heterocycles. The molecule has 1 N–H and O–H groups in total. The third-order valence-corrected chi connectivity index (χ3v) is 5.12. The monoisotopic (exact) mass is 381 g/mol. The quantitative estimate of drug-likeness (QED) is 0.571. The minimum absolute atomic E-state index is 0.219. The number of benzene rings is 2. The van der Waals surface area contributed by atoms with Crippen LogP contribution in [-0.4, -0.2) is 9.55 Å². The second-order valence-electron chi connectivity index (χ2n) is 6.69. The van der Waals surface area contributed by atoms with Gasteiger partial charge in [0.2, 0.25) is 0 Å². The number of aromatic amines is 1. The number of nitrogens with zero attached hydrogens (tertiary/aromatic N) is 2. The van der Waals surface area contributed by atoms with E-state index in [2.05, 4.69) is 4.98 Å². The van der Waals surface area contributed by atoms with Crippen LogP contribution in [0.4, 0.5) is 17.2 Å². The Morgan fingerprint density at radius 3 is 2.70 bits per heavy atom. The van der Waals surface area contributed by atoms with Crippen LogP contribution in [0.3, 0.4) is 0 Å². The Kier molecular flexibility index (Phi) is 4.62. The van der Waals surface area contributed by atoms with Crippen LogP contribution in [0.25, 0.3) is 0 Å². The highest BCUT2D eigenvalue weighted by Crippen LogP contribution is 2.41. The van der Waals surface area contributed by atoms with E-state index in [4.69, 9.17) is 11.6 Å². The van der Waals surface area contributed by atoms with Crippen molar-refractivity contribution in [2.45, 2.75) is 32.7 Å². The Labute approximate surface area is 161 Å². The SMILES string of the molecule is CCCCn1c(=O)[nH]c2c(c1=O)Cc1ccccc1N2c1cccc(Cl)c1. The molecular formula is C21H20ClN3O2. The molecule has 0 saturated carbocycles. The molecule has 2 aromatic carbocycles. The molecule has 0 atom stereocenters. The number of nitrogens with one attached hydrogen (secondary N) is 1. The number of hydrogen-bond acceptors (Lipinski definition) is 3. The van der Waals surface area contributed by atoms with Crippen LogP contribution in [0.15, 0.2) is 58.1 Å². The normalized spacial score (nSPS) is 12.6. The first-order valence-electron chi connectivity index (χ1n) is 9.09. The second-order valence-corrected chi connectivity index (χ2v) is 7.12. The molecular weight excluding hydrogens is 362 g/mol. The maximum absolute atomic E-state index is 13.1. The third-order valence-electron chi connectivity index (χ3n) is 4.88. The first kappa shape index (κ1) is 17.6. The lowest BCUT2D eigenvalue weighted by Gasteiger charge is -2.32. The molecule has 138 valence electrons. The molecule has 0 amide bonds. The Hall–Kier alpha value is -2.79. The summed E-state index contributed by atoms with van der Waals surface area (Å²) in [5.74, 6) is 0.527. The first-order chi connectivity index (χ1) is 13.1. The Bertz CT molecular complexity index is 1120. The predicted octanol–water partition coefficient (Wildman–Crippen LogP) is 4.36. The second kappa shape index (κ2) is 7.08. The molecule has 0 fully saturated rings. The molecule has 0 aliphatic carbocycles. The van der Waals surface area contributed by atoms with E-state index >= 15 is 0 Å². The van der Waals surface area contributed by atoms with Gasteiger partial charge in [-0.05, 0) is 36.2 Å². The largest absolute Gasteiger partial charge is 0.329 e. The topological polar surface area (TPSA) is 58.1 Å². The van der Waals surface area contributed by atoms with Crippen LogP contribution < -0.4 is 16.1 Å². The Morgan fingerprint density at radius 1 is 1.11 bits per heavy atom. The maximum atomic E-state index is 13.1. The molecule has 0 bridgehead atoms. The lowest BCUT2D eigenvalue weighted by atomic mass is 9.98. The van der Waals surface area contributed by atoms with E-state index in [1.165, 1.54) is 4.57 Å². The van der Waals surface area contributed by atoms with Crippen molar-refractivity contribution in [1.29, 1.82) is 0 Å². The van der Waals surface area contributed by atoms with E-state index in [1.807, 2.05) is 54.3 Å². The molecule has 1 aromatic heterocycles. The summed E-state index contributed by atoms with van der Waals surface area (Å²) in [7, 11) is 0. The van der Waals surface area contributed by atoms with Gasteiger partial charge in [0.25, 0.3) is 5.56 Å². The zero-order valence-corrected chi connectivity index (χ0v) is 15.8. The van der Waals surface area contributed by atoms with Crippen LogP contribution in [0.5, 0.6) is 0 Å². The highest BCUT2D eigenvalue weighted by Gasteiger charge is 2.28. The van der Waals surface area contributed by atoms with Crippen molar-refractivity contribution in [3.05, 3.63) is 85.5 Å². The smallest absolute Gasteiger partial charge is 0.296 e. The number of para-hydroxylation sites is 1. The number of unbranched alkanes of at least 4 members (excludes halogenated alkanes) is 1. The fraction of sp³-hybridized carbons (Fsp3) is 0.238. The molecule has 0 saturated heterocycles. The van der Waals surface area contributed by atoms with Gasteiger partial charge >= 0.3 is 5.69 Å². The van der Waals surface area contributed by atoms with E-state index in [0.29, 0.717) is 29.4 Å². The summed E-state index contributed by atoms with van der Waals surface area (Å²) in [6.45, 7) is 2.46. The zero-order chi connectivity index (χ0) is 19.0. The van der Waals surface area contributed by atoms with Crippen molar-refractivity contribution < 1.29 is 0 Å². The molecule has 5 nitrogen and oxygen atoms in total. The number of halogens is 1. The average Bonchev–Trinajstić information content (AvgIpc) is 2.66. The summed E-state index contributed by atoms with van der Waals surface area (Å²) in [6.07, 6.45) is 2.20. The molecule has 27 heavy (non-hydrogen) atoms. The van der Waals surface area contributed by atoms with E-state index < -0.39 is 0 Å². The molecule has 2 heterocycles. The van der Waals surface area contributed by atoms with Gasteiger partial charge in [-0.25, -0.2) is 4.79 Å². The van der Waals surface area contributed by atoms with Crippen LogP contribution >= 0.6 is 11.6 Å². The minimum atomic E-state index is -0.376. The molecule has 0 unspecified atom stereocenters. The molecule has 0 spiro atoms. The molecule has 4 rings (SSSR count). The molecule has 1 aliphatic rings. The summed E-state index contributed by atoms with van der Waals surface area (Å²) in [5, 5.41) is 0.593. The number of rotatable bonds is 4. The van der Waals surface area contributed by atoms with Gasteiger partial charge in [0.15, 0.2) is 0 Å². The van der Waals surface area contributed by atoms with Crippen molar-refractivity contribution >= 4 is 28.8 Å². The number of anilines is 3. The van der Waals surface area contributed by atoms with Gasteiger partial charge < -0.3 is 0 Å². The lowest BCUT2D eigenvalue weighted by Crippen LogP contribution is -2.40. The first-order valence-corrected chi connectivity index (χ1v) is 9.47. The van der Waals surface area contributed by atoms with E-state index in [9.17, 15) is 9.59 Å². The number of H-pyrrole nitrogens is 1. The third kappa shape index (κ3) is 3.08. The van der Waals surface area contributed by atoms with E-state index in [1.54, 1.807) is 6.07 Å². The number of fused-ring (bicyclic) bond motifs is 2. The van der Waals surface area contributed by atoms with Crippen molar-refractivity contribution in [1.82, 2.24) is 9.55 Å². The number of aromatic nitrogens is 2. The number of hydrogen-bond donors (Lipinski definition) is 1. The average molecular weight is 382 g/mol. The summed E-state index contributed by atoms with van der Waals surface area (Å²) in [4.78, 5) is 30.6. The van der Waals surface area contributed by atoms with Crippen LogP contribution in [-0.2, 0) is 13.0 Å². The predicted molar refractivity (Wildman–Crippen MR) is 109 cm³/mol. The Balaban J connectivity index is 1.97. The van der Waals surface area contributed by atoms with Gasteiger partial charge in [-0.1, -0.05) is 49.2 Å². The fourth-order valence-electron chi connectivity index (χ4n) is 3.54. The van der Waals surface area contributed by atoms with Crippen molar-refractivity contribution in [3.63, 3.8) is 0 Å². The van der Waals surface area contributed by atoms with E-state index in [0.717, 1.165) is 29.8 Å². The van der Waals surface area contributed by atoms with Gasteiger partial charge in [-0.2, -0.15) is 0 Å². The molecule has 0 radical (unpaired) electrons. The van der Waals surface area contributed by atoms with Crippen LogP contribution in [0, 0.1) is 0 Å². The van der Waals surface area contributed by atoms with Gasteiger partial charge in [0, 0.05) is 23.7 Å².